The van der Waals surface area contributed by atoms with Crippen molar-refractivity contribution in [1.29, 1.82) is 0 Å². The smallest absolute Gasteiger partial charge is 0.243 e. The first-order valence-electron chi connectivity index (χ1n) is 9.53. The fraction of sp³-hybridized carbons (Fsp3) is 0.250. The van der Waals surface area contributed by atoms with Gasteiger partial charge in [0.05, 0.1) is 42.3 Å². The molecule has 31 heavy (non-hydrogen) atoms. The van der Waals surface area contributed by atoms with E-state index in [1.165, 1.54) is 28.7 Å². The zero-order valence-corrected chi connectivity index (χ0v) is 18.5. The second-order valence-electron chi connectivity index (χ2n) is 7.28. The molecule has 0 aliphatic carbocycles. The number of aromatic nitrogens is 2. The Morgan fingerprint density at radius 3 is 2.65 bits per heavy atom. The minimum absolute atomic E-state index is 0.0761. The van der Waals surface area contributed by atoms with Crippen molar-refractivity contribution in [1.82, 2.24) is 14.3 Å². The number of alkyl halides is 1. The van der Waals surface area contributed by atoms with Gasteiger partial charge < -0.3 is 5.32 Å². The molecule has 1 aliphatic rings. The van der Waals surface area contributed by atoms with Crippen molar-refractivity contribution in [3.63, 3.8) is 0 Å². The molecule has 1 amide bonds. The van der Waals surface area contributed by atoms with E-state index in [1.807, 2.05) is 6.07 Å². The Morgan fingerprint density at radius 2 is 1.84 bits per heavy atom. The molecule has 0 unspecified atom stereocenters. The SMILES string of the molecule is O=C(Nc1ccc2scnc2c1)[C@@H]1CCN(S(=O)(=O)c2ccc3ncsc3c2)C[C@H]1F. The Labute approximate surface area is 185 Å². The number of benzene rings is 2. The first kappa shape index (κ1) is 20.4. The summed E-state index contributed by atoms with van der Waals surface area (Å²) >= 11 is 2.84. The van der Waals surface area contributed by atoms with Crippen molar-refractivity contribution in [2.24, 2.45) is 5.92 Å². The van der Waals surface area contributed by atoms with Crippen LogP contribution in [-0.2, 0) is 14.8 Å². The van der Waals surface area contributed by atoms with Gasteiger partial charge in [0, 0.05) is 18.8 Å². The highest BCUT2D eigenvalue weighted by molar-refractivity contribution is 7.89. The van der Waals surface area contributed by atoms with Crippen molar-refractivity contribution in [3.05, 3.63) is 47.4 Å². The summed E-state index contributed by atoms with van der Waals surface area (Å²) in [6.45, 7) is -0.279. The predicted molar refractivity (Wildman–Crippen MR) is 120 cm³/mol. The topological polar surface area (TPSA) is 92.3 Å². The number of piperidine rings is 1. The molecule has 160 valence electrons. The molecule has 1 saturated heterocycles. The maximum Gasteiger partial charge on any atom is 0.243 e. The lowest BCUT2D eigenvalue weighted by Crippen LogP contribution is -2.48. The van der Waals surface area contributed by atoms with Crippen LogP contribution in [0.2, 0.25) is 0 Å². The zero-order chi connectivity index (χ0) is 21.6. The molecule has 2 aromatic carbocycles. The van der Waals surface area contributed by atoms with Crippen LogP contribution in [0.1, 0.15) is 6.42 Å². The molecule has 0 bridgehead atoms. The monoisotopic (exact) mass is 476 g/mol. The molecule has 0 saturated carbocycles. The Kier molecular flexibility index (Phi) is 5.21. The quantitative estimate of drug-likeness (QED) is 0.482. The van der Waals surface area contributed by atoms with Gasteiger partial charge in [-0.2, -0.15) is 4.31 Å². The fourth-order valence-corrected chi connectivity index (χ4v) is 6.65. The third-order valence-electron chi connectivity index (χ3n) is 5.38. The van der Waals surface area contributed by atoms with Crippen LogP contribution >= 0.6 is 22.7 Å². The molecule has 2 aromatic heterocycles. The van der Waals surface area contributed by atoms with Crippen molar-refractivity contribution >= 4 is 64.7 Å². The summed E-state index contributed by atoms with van der Waals surface area (Å²) in [7, 11) is -3.86. The first-order valence-corrected chi connectivity index (χ1v) is 12.7. The van der Waals surface area contributed by atoms with Crippen LogP contribution in [0.3, 0.4) is 0 Å². The number of hydrogen-bond donors (Lipinski definition) is 1. The number of amides is 1. The van der Waals surface area contributed by atoms with Crippen molar-refractivity contribution in [2.75, 3.05) is 18.4 Å². The van der Waals surface area contributed by atoms with Gasteiger partial charge in [-0.25, -0.2) is 22.8 Å². The third-order valence-corrected chi connectivity index (χ3v) is 8.84. The summed E-state index contributed by atoms with van der Waals surface area (Å²) in [6.07, 6.45) is -1.49. The van der Waals surface area contributed by atoms with E-state index in [4.69, 9.17) is 0 Å². The molecule has 2 atom stereocenters. The van der Waals surface area contributed by atoms with Gasteiger partial charge >= 0.3 is 0 Å². The molecular formula is C20H17FN4O3S3. The summed E-state index contributed by atoms with van der Waals surface area (Å²) in [5.41, 5.74) is 5.39. The van der Waals surface area contributed by atoms with E-state index < -0.39 is 28.0 Å². The molecule has 1 fully saturated rings. The molecular weight excluding hydrogens is 459 g/mol. The van der Waals surface area contributed by atoms with Crippen LogP contribution < -0.4 is 5.32 Å². The van der Waals surface area contributed by atoms with Gasteiger partial charge in [0.25, 0.3) is 0 Å². The maximum absolute atomic E-state index is 14.9. The van der Waals surface area contributed by atoms with Gasteiger partial charge in [-0.1, -0.05) is 0 Å². The van der Waals surface area contributed by atoms with Crippen LogP contribution in [0.4, 0.5) is 10.1 Å². The number of sulfonamides is 1. The standard InChI is InChI=1S/C20H17FN4O3S3/c21-15-9-25(31(27,28)13-2-3-16-19(8-13)30-10-22-16)6-5-14(15)20(26)24-12-1-4-18-17(7-12)23-11-29-18/h1-4,7-8,10-11,14-15H,5-6,9H2,(H,24,26)/t14-,15-/m1/s1. The summed E-state index contributed by atoms with van der Waals surface area (Å²) in [6, 6.07) is 10.0. The molecule has 5 rings (SSSR count). The van der Waals surface area contributed by atoms with Gasteiger partial charge in [-0.3, -0.25) is 4.79 Å². The van der Waals surface area contributed by atoms with E-state index in [0.29, 0.717) is 5.69 Å². The van der Waals surface area contributed by atoms with Crippen molar-refractivity contribution in [2.45, 2.75) is 17.5 Å². The third kappa shape index (κ3) is 3.82. The van der Waals surface area contributed by atoms with Crippen LogP contribution in [0.5, 0.6) is 0 Å². The highest BCUT2D eigenvalue weighted by Crippen LogP contribution is 2.30. The number of anilines is 1. The van der Waals surface area contributed by atoms with E-state index >= 15 is 0 Å². The van der Waals surface area contributed by atoms with Gasteiger partial charge in [0.1, 0.15) is 6.17 Å². The van der Waals surface area contributed by atoms with Crippen LogP contribution in [0.25, 0.3) is 20.4 Å². The number of thiazole rings is 2. The Bertz CT molecular complexity index is 1380. The van der Waals surface area contributed by atoms with E-state index in [2.05, 4.69) is 15.3 Å². The van der Waals surface area contributed by atoms with Gasteiger partial charge in [0.2, 0.25) is 15.9 Å². The van der Waals surface area contributed by atoms with E-state index in [9.17, 15) is 17.6 Å². The second kappa shape index (κ2) is 7.90. The summed E-state index contributed by atoms with van der Waals surface area (Å²) in [5, 5.41) is 2.74. The number of carbonyl (C=O) groups excluding carboxylic acids is 1. The number of rotatable bonds is 4. The number of carbonyl (C=O) groups is 1. The lowest BCUT2D eigenvalue weighted by molar-refractivity contribution is -0.123. The van der Waals surface area contributed by atoms with Crippen LogP contribution in [0, 0.1) is 5.92 Å². The summed E-state index contributed by atoms with van der Waals surface area (Å²) in [4.78, 5) is 21.1. The second-order valence-corrected chi connectivity index (χ2v) is 11.0. The first-order chi connectivity index (χ1) is 14.9. The highest BCUT2D eigenvalue weighted by Gasteiger charge is 2.39. The van der Waals surface area contributed by atoms with E-state index in [0.717, 1.165) is 24.7 Å². The fourth-order valence-electron chi connectivity index (χ4n) is 3.71. The number of nitrogens with one attached hydrogen (secondary N) is 1. The Hall–Kier alpha value is -2.47. The van der Waals surface area contributed by atoms with Gasteiger partial charge in [0.15, 0.2) is 0 Å². The predicted octanol–water partition coefficient (Wildman–Crippen LogP) is 3.89. The number of fused-ring (bicyclic) bond motifs is 2. The molecule has 0 spiro atoms. The molecule has 1 aliphatic heterocycles. The summed E-state index contributed by atoms with van der Waals surface area (Å²) in [5.74, 6) is -1.37. The average Bonchev–Trinajstić information content (AvgIpc) is 3.41. The Balaban J connectivity index is 1.29. The molecule has 7 nitrogen and oxygen atoms in total. The molecule has 3 heterocycles. The van der Waals surface area contributed by atoms with Crippen LogP contribution in [-0.4, -0.2) is 47.9 Å². The molecule has 4 aromatic rings. The molecule has 11 heteroatoms. The van der Waals surface area contributed by atoms with Crippen molar-refractivity contribution in [3.8, 4) is 0 Å². The molecule has 1 N–H and O–H groups in total. The minimum atomic E-state index is -3.86. The van der Waals surface area contributed by atoms with E-state index in [-0.39, 0.29) is 24.4 Å². The van der Waals surface area contributed by atoms with Gasteiger partial charge in [-0.05, 0) is 42.8 Å². The maximum atomic E-state index is 14.9. The van der Waals surface area contributed by atoms with E-state index in [1.54, 1.807) is 35.3 Å². The van der Waals surface area contributed by atoms with Crippen LogP contribution in [0.15, 0.2) is 52.3 Å². The number of hydrogen-bond acceptors (Lipinski definition) is 7. The lowest BCUT2D eigenvalue weighted by Gasteiger charge is -2.33. The average molecular weight is 477 g/mol. The Morgan fingerprint density at radius 1 is 1.06 bits per heavy atom. The lowest BCUT2D eigenvalue weighted by atomic mass is 9.95. The number of halogens is 1. The zero-order valence-electron chi connectivity index (χ0n) is 16.1. The largest absolute Gasteiger partial charge is 0.326 e. The minimum Gasteiger partial charge on any atom is -0.326 e. The number of nitrogens with zero attached hydrogens (tertiary/aromatic N) is 3. The normalized spacial score (nSPS) is 20.3. The van der Waals surface area contributed by atoms with Gasteiger partial charge in [-0.15, -0.1) is 22.7 Å². The molecule has 0 radical (unpaired) electrons. The highest BCUT2D eigenvalue weighted by atomic mass is 32.2. The summed E-state index contributed by atoms with van der Waals surface area (Å²) < 4.78 is 43.8. The van der Waals surface area contributed by atoms with Crippen molar-refractivity contribution < 1.29 is 17.6 Å².